The van der Waals surface area contributed by atoms with Gasteiger partial charge in [-0.2, -0.15) is 0 Å². The number of halogens is 3. The van der Waals surface area contributed by atoms with Gasteiger partial charge in [0.15, 0.2) is 0 Å². The van der Waals surface area contributed by atoms with Gasteiger partial charge in [0, 0.05) is 28.0 Å². The summed E-state index contributed by atoms with van der Waals surface area (Å²) in [5, 5.41) is 13.2. The van der Waals surface area contributed by atoms with Crippen molar-refractivity contribution in [2.24, 2.45) is 0 Å². The van der Waals surface area contributed by atoms with E-state index in [0.717, 1.165) is 46.5 Å². The largest absolute Gasteiger partial charge is 2.00 e. The number of aromatic hydroxyl groups is 1. The van der Waals surface area contributed by atoms with E-state index in [4.69, 9.17) is 11.6 Å². The summed E-state index contributed by atoms with van der Waals surface area (Å²) >= 11 is 6.39. The number of fused-ring (bicyclic) bond motifs is 3. The molecule has 0 saturated carbocycles. The summed E-state index contributed by atoms with van der Waals surface area (Å²) in [5.41, 5.74) is 17.4. The average molecular weight is 874 g/mol. The zero-order valence-electron chi connectivity index (χ0n) is 32.7. The monoisotopic (exact) mass is 870 g/mol. The molecule has 5 heteroatoms. The van der Waals surface area contributed by atoms with Crippen molar-refractivity contribution in [3.05, 3.63) is 184 Å². The third kappa shape index (κ3) is 8.19. The molecule has 0 fully saturated rings. The Balaban J connectivity index is 0.00000200. The van der Waals surface area contributed by atoms with E-state index >= 15 is 0 Å². The van der Waals surface area contributed by atoms with Crippen molar-refractivity contribution in [3.8, 4) is 39.1 Å². The molecule has 0 heterocycles. The number of hydrogen-bond donors (Lipinski definition) is 1. The van der Waals surface area contributed by atoms with Crippen molar-refractivity contribution in [3.63, 3.8) is 0 Å². The first-order chi connectivity index (χ1) is 25.5. The van der Waals surface area contributed by atoms with Gasteiger partial charge in [0.1, 0.15) is 5.75 Å². The smallest absolute Gasteiger partial charge is 1.00 e. The predicted molar refractivity (Wildman–Crippen MR) is 226 cm³/mol. The van der Waals surface area contributed by atoms with Gasteiger partial charge in [-0.25, -0.2) is 0 Å². The van der Waals surface area contributed by atoms with E-state index in [-0.39, 0.29) is 61.8 Å². The Morgan fingerprint density at radius 1 is 0.661 bits per heavy atom. The number of allylic oxidation sites excluding steroid dienone is 3. The summed E-state index contributed by atoms with van der Waals surface area (Å²) in [4.78, 5) is 0. The Morgan fingerprint density at radius 3 is 1.80 bits per heavy atom. The Labute approximate surface area is 369 Å². The first-order valence-corrected chi connectivity index (χ1v) is 19.3. The van der Waals surface area contributed by atoms with Crippen LogP contribution in [-0.2, 0) is 43.5 Å². The van der Waals surface area contributed by atoms with Crippen molar-refractivity contribution >= 4 is 22.7 Å². The van der Waals surface area contributed by atoms with Gasteiger partial charge < -0.3 is 29.9 Å². The van der Waals surface area contributed by atoms with E-state index in [1.165, 1.54) is 61.2 Å². The molecule has 0 unspecified atom stereocenters. The molecule has 282 valence electrons. The summed E-state index contributed by atoms with van der Waals surface area (Å²) in [6.07, 6.45) is 8.88. The summed E-state index contributed by atoms with van der Waals surface area (Å²) in [6.45, 7) is 11.6. The maximum atomic E-state index is 12.5. The van der Waals surface area contributed by atoms with E-state index in [0.29, 0.717) is 12.2 Å². The third-order valence-electron chi connectivity index (χ3n) is 11.2. The maximum Gasteiger partial charge on any atom is 2.00 e. The molecular formula is C51H47Cl3OZr. The van der Waals surface area contributed by atoms with E-state index in [9.17, 15) is 5.11 Å². The van der Waals surface area contributed by atoms with Crippen LogP contribution in [0.1, 0.15) is 92.8 Å². The molecule has 0 aliphatic heterocycles. The fraction of sp³-hybridized carbons (Fsp3) is 0.216. The molecule has 6 aromatic rings. The summed E-state index contributed by atoms with van der Waals surface area (Å²) in [7, 11) is 0. The fourth-order valence-corrected chi connectivity index (χ4v) is 8.86. The van der Waals surface area contributed by atoms with Gasteiger partial charge in [0.25, 0.3) is 0 Å². The third-order valence-corrected chi connectivity index (χ3v) is 11.4. The molecule has 2 aliphatic rings. The van der Waals surface area contributed by atoms with Crippen LogP contribution in [0, 0.1) is 0 Å². The fourth-order valence-electron chi connectivity index (χ4n) is 8.74. The molecule has 0 radical (unpaired) electrons. The molecule has 6 aromatic carbocycles. The number of hydrogen-bond acceptors (Lipinski definition) is 1. The molecule has 0 atom stereocenters. The minimum absolute atomic E-state index is 0. The van der Waals surface area contributed by atoms with Crippen molar-refractivity contribution in [2.45, 2.75) is 71.1 Å². The molecule has 0 saturated heterocycles. The molecule has 1 N–H and O–H groups in total. The van der Waals surface area contributed by atoms with Crippen molar-refractivity contribution in [1.29, 1.82) is 0 Å². The zero-order valence-corrected chi connectivity index (χ0v) is 37.4. The molecule has 0 bridgehead atoms. The van der Waals surface area contributed by atoms with Gasteiger partial charge >= 0.3 is 26.2 Å². The predicted octanol–water partition coefficient (Wildman–Crippen LogP) is 8.23. The standard InChI is InChI=1S/C51H47ClO.2ClH.Zr/c1-50(2,3)48-45(36-23-15-16-24-36)47-41-31-44(51(4,5)32-43(34-19-11-7-12-20-34)35-25-27-39(52)28-26-35)40(33-17-9-6-10-18-33)29-38(41)30-42(47)49(53)46(48)37-21-13-8-14-22-37;;;/h6-14,17-23,25-29,31-32,53H,15-16,24,30H2,1-5H3;2*1H;/q;;;+2/p-2. The SMILES string of the molecule is CC(C)(C)c1c(C2=CCCC2)c2c(c(O)c1-c1ccccc1)Cc1cc(-c3ccccc3)c(C(C)(C)C=C(c3ccccc3)c3ccc(Cl)cc3)cc1-2.[Cl-].[Cl-].[Zr+2]. The molecule has 8 rings (SSSR count). The van der Waals surface area contributed by atoms with Gasteiger partial charge in [0.2, 0.25) is 0 Å². The molecule has 0 amide bonds. The van der Waals surface area contributed by atoms with Crippen LogP contribution in [0.15, 0.2) is 140 Å². The van der Waals surface area contributed by atoms with Crippen LogP contribution in [-0.4, -0.2) is 5.11 Å². The molecule has 1 nitrogen and oxygen atoms in total. The quantitative estimate of drug-likeness (QED) is 0.171. The molecular weight excluding hydrogens is 826 g/mol. The Bertz CT molecular complexity index is 2390. The van der Waals surface area contributed by atoms with Crippen LogP contribution in [0.2, 0.25) is 5.02 Å². The second kappa shape index (κ2) is 17.5. The Kier molecular flexibility index (Phi) is 13.6. The molecule has 2 aliphatic carbocycles. The zero-order chi connectivity index (χ0) is 36.9. The minimum Gasteiger partial charge on any atom is -1.00 e. The van der Waals surface area contributed by atoms with E-state index in [1.54, 1.807) is 0 Å². The molecule has 0 aromatic heterocycles. The number of phenolic OH excluding ortho intramolecular Hbond substituents is 1. The van der Waals surface area contributed by atoms with Crippen LogP contribution in [0.4, 0.5) is 0 Å². The topological polar surface area (TPSA) is 20.2 Å². The minimum atomic E-state index is -0.389. The number of benzene rings is 6. The van der Waals surface area contributed by atoms with Gasteiger partial charge in [-0.05, 0) is 121 Å². The first kappa shape index (κ1) is 43.5. The molecule has 0 spiro atoms. The second-order valence-corrected chi connectivity index (χ2v) is 16.8. The summed E-state index contributed by atoms with van der Waals surface area (Å²) < 4.78 is 0. The summed E-state index contributed by atoms with van der Waals surface area (Å²) in [6, 6.07) is 45.1. The first-order valence-electron chi connectivity index (χ1n) is 19.0. The van der Waals surface area contributed by atoms with E-state index in [2.05, 4.69) is 162 Å². The number of rotatable bonds is 7. The van der Waals surface area contributed by atoms with Crippen molar-refractivity contribution in [2.75, 3.05) is 0 Å². The Morgan fingerprint density at radius 2 is 1.23 bits per heavy atom. The van der Waals surface area contributed by atoms with Crippen molar-refractivity contribution < 1.29 is 56.1 Å². The normalized spacial score (nSPS) is 13.5. The van der Waals surface area contributed by atoms with Crippen LogP contribution < -0.4 is 24.8 Å². The Hall–Kier alpha value is -3.65. The molecule has 56 heavy (non-hydrogen) atoms. The summed E-state index contributed by atoms with van der Waals surface area (Å²) in [5.74, 6) is 0.422. The van der Waals surface area contributed by atoms with Crippen LogP contribution in [0.25, 0.3) is 44.5 Å². The second-order valence-electron chi connectivity index (χ2n) is 16.3. The van der Waals surface area contributed by atoms with Gasteiger partial charge in [-0.3, -0.25) is 0 Å². The van der Waals surface area contributed by atoms with Crippen LogP contribution in [0.3, 0.4) is 0 Å². The maximum absolute atomic E-state index is 12.5. The van der Waals surface area contributed by atoms with E-state index in [1.807, 2.05) is 12.1 Å². The van der Waals surface area contributed by atoms with Crippen molar-refractivity contribution in [1.82, 2.24) is 0 Å². The number of phenols is 1. The van der Waals surface area contributed by atoms with Gasteiger partial charge in [-0.15, -0.1) is 0 Å². The van der Waals surface area contributed by atoms with E-state index < -0.39 is 0 Å². The van der Waals surface area contributed by atoms with Gasteiger partial charge in [-0.1, -0.05) is 161 Å². The van der Waals surface area contributed by atoms with Crippen LogP contribution >= 0.6 is 11.6 Å². The van der Waals surface area contributed by atoms with Gasteiger partial charge in [0.05, 0.1) is 0 Å². The van der Waals surface area contributed by atoms with Crippen LogP contribution in [0.5, 0.6) is 5.75 Å². The average Bonchev–Trinajstić information content (AvgIpc) is 3.83.